The van der Waals surface area contributed by atoms with E-state index >= 15 is 0 Å². The van der Waals surface area contributed by atoms with Gasteiger partial charge in [-0.1, -0.05) is 18.2 Å². The van der Waals surface area contributed by atoms with Crippen molar-refractivity contribution in [3.05, 3.63) is 65.9 Å². The lowest BCUT2D eigenvalue weighted by molar-refractivity contribution is 0.0696. The monoisotopic (exact) mass is 445 g/mol. The summed E-state index contributed by atoms with van der Waals surface area (Å²) in [6.45, 7) is 0. The molecular formula is C23H19N5O5. The van der Waals surface area contributed by atoms with Gasteiger partial charge in [0.1, 0.15) is 0 Å². The summed E-state index contributed by atoms with van der Waals surface area (Å²) in [6.07, 6.45) is 1.37. The van der Waals surface area contributed by atoms with Crippen molar-refractivity contribution in [1.82, 2.24) is 15.0 Å². The average molecular weight is 445 g/mol. The van der Waals surface area contributed by atoms with E-state index < -0.39 is 11.9 Å². The van der Waals surface area contributed by atoms with Crippen LogP contribution in [0.3, 0.4) is 0 Å². The van der Waals surface area contributed by atoms with E-state index in [4.69, 9.17) is 15.2 Å². The summed E-state index contributed by atoms with van der Waals surface area (Å²) in [7, 11) is 2.96. The molecule has 0 fully saturated rings. The average Bonchev–Trinajstić information content (AvgIpc) is 2.83. The van der Waals surface area contributed by atoms with Gasteiger partial charge in [0.2, 0.25) is 5.88 Å². The molecule has 0 bridgehead atoms. The van der Waals surface area contributed by atoms with Crippen molar-refractivity contribution >= 4 is 34.2 Å². The second-order valence-corrected chi connectivity index (χ2v) is 6.94. The van der Waals surface area contributed by atoms with Crippen LogP contribution in [0, 0.1) is 0 Å². The molecule has 0 aliphatic heterocycles. The van der Waals surface area contributed by atoms with Crippen LogP contribution in [0.1, 0.15) is 20.7 Å². The van der Waals surface area contributed by atoms with Gasteiger partial charge in [0.15, 0.2) is 0 Å². The van der Waals surface area contributed by atoms with Gasteiger partial charge < -0.3 is 25.6 Å². The molecule has 4 rings (SSSR count). The van der Waals surface area contributed by atoms with Gasteiger partial charge in [-0.05, 0) is 24.3 Å². The SMILES string of the molecule is COc1cc(-c2ccc3c(Nc4cccc(C(=O)O)c4)c(C(N)=O)cnc3c2)nc(OC)n1. The number of fused-ring (bicyclic) bond motifs is 1. The van der Waals surface area contributed by atoms with Gasteiger partial charge in [0.25, 0.3) is 5.91 Å². The van der Waals surface area contributed by atoms with Crippen LogP contribution in [0.25, 0.3) is 22.2 Å². The molecule has 0 unspecified atom stereocenters. The van der Waals surface area contributed by atoms with Crippen LogP contribution in [-0.4, -0.2) is 46.2 Å². The highest BCUT2D eigenvalue weighted by atomic mass is 16.5. The number of aromatic nitrogens is 3. The Labute approximate surface area is 188 Å². The highest BCUT2D eigenvalue weighted by Gasteiger charge is 2.16. The number of anilines is 2. The summed E-state index contributed by atoms with van der Waals surface area (Å²) in [5.41, 5.74) is 8.58. The zero-order valence-corrected chi connectivity index (χ0v) is 17.7. The molecule has 10 nitrogen and oxygen atoms in total. The van der Waals surface area contributed by atoms with Crippen LogP contribution in [0.15, 0.2) is 54.7 Å². The first-order chi connectivity index (χ1) is 15.9. The van der Waals surface area contributed by atoms with E-state index in [0.717, 1.165) is 5.56 Å². The van der Waals surface area contributed by atoms with E-state index in [-0.39, 0.29) is 17.1 Å². The van der Waals surface area contributed by atoms with E-state index in [2.05, 4.69) is 20.3 Å². The van der Waals surface area contributed by atoms with E-state index in [9.17, 15) is 14.7 Å². The maximum absolute atomic E-state index is 12.1. The minimum Gasteiger partial charge on any atom is -0.481 e. The van der Waals surface area contributed by atoms with E-state index in [0.29, 0.717) is 33.9 Å². The Morgan fingerprint density at radius 1 is 1.03 bits per heavy atom. The number of hydrogen-bond donors (Lipinski definition) is 3. The van der Waals surface area contributed by atoms with Crippen molar-refractivity contribution in [2.45, 2.75) is 0 Å². The fraction of sp³-hybridized carbons (Fsp3) is 0.0870. The summed E-state index contributed by atoms with van der Waals surface area (Å²) in [6, 6.07) is 13.4. The maximum Gasteiger partial charge on any atom is 0.335 e. The Kier molecular flexibility index (Phi) is 5.73. The number of pyridine rings is 1. The second kappa shape index (κ2) is 8.79. The number of nitrogens with one attached hydrogen (secondary N) is 1. The lowest BCUT2D eigenvalue weighted by Crippen LogP contribution is -2.14. The third kappa shape index (κ3) is 4.35. The summed E-state index contributed by atoms with van der Waals surface area (Å²) < 4.78 is 10.3. The highest BCUT2D eigenvalue weighted by molar-refractivity contribution is 6.08. The fourth-order valence-corrected chi connectivity index (χ4v) is 3.30. The Morgan fingerprint density at radius 2 is 1.85 bits per heavy atom. The van der Waals surface area contributed by atoms with Gasteiger partial charge in [-0.15, -0.1) is 0 Å². The first kappa shape index (κ1) is 21.5. The molecular weight excluding hydrogens is 426 g/mol. The molecule has 2 aromatic carbocycles. The van der Waals surface area contributed by atoms with Gasteiger partial charge in [-0.25, -0.2) is 4.79 Å². The molecule has 0 radical (unpaired) electrons. The van der Waals surface area contributed by atoms with Crippen molar-refractivity contribution in [2.24, 2.45) is 5.73 Å². The smallest absolute Gasteiger partial charge is 0.335 e. The number of nitrogens with zero attached hydrogens (tertiary/aromatic N) is 3. The molecule has 4 aromatic rings. The van der Waals surface area contributed by atoms with E-state index in [1.54, 1.807) is 36.4 Å². The van der Waals surface area contributed by atoms with Crippen molar-refractivity contribution in [3.8, 4) is 23.1 Å². The fourth-order valence-electron chi connectivity index (χ4n) is 3.30. The summed E-state index contributed by atoms with van der Waals surface area (Å²) in [5, 5.41) is 13.0. The molecule has 0 atom stereocenters. The molecule has 10 heteroatoms. The van der Waals surface area contributed by atoms with Gasteiger partial charge in [0, 0.05) is 28.9 Å². The van der Waals surface area contributed by atoms with Gasteiger partial charge in [-0.3, -0.25) is 9.78 Å². The largest absolute Gasteiger partial charge is 0.481 e. The summed E-state index contributed by atoms with van der Waals surface area (Å²) in [5.74, 6) is -1.39. The van der Waals surface area contributed by atoms with Crippen molar-refractivity contribution in [3.63, 3.8) is 0 Å². The highest BCUT2D eigenvalue weighted by Crippen LogP contribution is 2.32. The number of primary amides is 1. The topological polar surface area (TPSA) is 150 Å². The molecule has 0 aliphatic carbocycles. The third-order valence-electron chi connectivity index (χ3n) is 4.88. The first-order valence-corrected chi connectivity index (χ1v) is 9.70. The maximum atomic E-state index is 12.1. The predicted octanol–water partition coefficient (Wildman–Crippen LogP) is 3.25. The number of methoxy groups -OCH3 is 2. The number of benzene rings is 2. The Morgan fingerprint density at radius 3 is 2.55 bits per heavy atom. The number of nitrogens with two attached hydrogens (primary N) is 1. The molecule has 0 saturated heterocycles. The molecule has 1 amide bonds. The summed E-state index contributed by atoms with van der Waals surface area (Å²) in [4.78, 5) is 36.2. The van der Waals surface area contributed by atoms with Gasteiger partial charge in [0.05, 0.1) is 42.2 Å². The molecule has 0 saturated carbocycles. The van der Waals surface area contributed by atoms with E-state index in [1.807, 2.05) is 0 Å². The van der Waals surface area contributed by atoms with Crippen molar-refractivity contribution in [2.75, 3.05) is 19.5 Å². The van der Waals surface area contributed by atoms with Crippen LogP contribution >= 0.6 is 0 Å². The Hall–Kier alpha value is -4.73. The van der Waals surface area contributed by atoms with Crippen LogP contribution in [0.5, 0.6) is 11.9 Å². The molecule has 33 heavy (non-hydrogen) atoms. The Balaban J connectivity index is 1.83. The van der Waals surface area contributed by atoms with Crippen LogP contribution in [0.2, 0.25) is 0 Å². The zero-order chi connectivity index (χ0) is 23.5. The minimum absolute atomic E-state index is 0.105. The Bertz CT molecular complexity index is 1370. The number of carboxylic acid groups (broad SMARTS) is 1. The minimum atomic E-state index is -1.06. The van der Waals surface area contributed by atoms with Gasteiger partial charge in [-0.2, -0.15) is 9.97 Å². The number of amides is 1. The number of rotatable bonds is 7. The lowest BCUT2D eigenvalue weighted by atomic mass is 10.0. The third-order valence-corrected chi connectivity index (χ3v) is 4.88. The van der Waals surface area contributed by atoms with Crippen LogP contribution in [-0.2, 0) is 0 Å². The first-order valence-electron chi connectivity index (χ1n) is 9.70. The molecule has 2 aromatic heterocycles. The van der Waals surface area contributed by atoms with Gasteiger partial charge >= 0.3 is 12.0 Å². The second-order valence-electron chi connectivity index (χ2n) is 6.94. The molecule has 166 valence electrons. The molecule has 4 N–H and O–H groups in total. The number of aromatic carboxylic acids is 1. The van der Waals surface area contributed by atoms with Crippen molar-refractivity contribution < 1.29 is 24.2 Å². The van der Waals surface area contributed by atoms with Crippen LogP contribution in [0.4, 0.5) is 11.4 Å². The lowest BCUT2D eigenvalue weighted by Gasteiger charge is -2.14. The number of ether oxygens (including phenoxy) is 2. The zero-order valence-electron chi connectivity index (χ0n) is 17.7. The molecule has 0 aliphatic rings. The summed E-state index contributed by atoms with van der Waals surface area (Å²) >= 11 is 0. The predicted molar refractivity (Wildman–Crippen MR) is 121 cm³/mol. The van der Waals surface area contributed by atoms with Crippen LogP contribution < -0.4 is 20.5 Å². The quantitative estimate of drug-likeness (QED) is 0.389. The number of carboxylic acids is 1. The molecule has 0 spiro atoms. The standard InChI is InChI=1S/C23H19N5O5/c1-32-19-10-17(27-23(28-19)33-2)12-6-7-15-18(9-12)25-11-16(21(24)29)20(15)26-14-5-3-4-13(8-14)22(30)31/h3-11H,1-2H3,(H2,24,29)(H,25,26)(H,30,31). The number of carbonyl (C=O) groups excluding carboxylic acids is 1. The van der Waals surface area contributed by atoms with E-state index in [1.165, 1.54) is 32.5 Å². The van der Waals surface area contributed by atoms with Crippen molar-refractivity contribution in [1.29, 1.82) is 0 Å². The molecule has 2 heterocycles. The normalized spacial score (nSPS) is 10.6. The number of hydrogen-bond acceptors (Lipinski definition) is 8. The number of carbonyl (C=O) groups is 2.